The van der Waals surface area contributed by atoms with Gasteiger partial charge in [0.2, 0.25) is 5.82 Å². The van der Waals surface area contributed by atoms with E-state index in [0.717, 1.165) is 0 Å². The molecule has 30 heavy (non-hydrogen) atoms. The fraction of sp³-hybridized carbons (Fsp3) is 0.158. The third-order valence-electron chi connectivity index (χ3n) is 3.90. The lowest BCUT2D eigenvalue weighted by atomic mass is 10.2. The van der Waals surface area contributed by atoms with Crippen LogP contribution in [0.4, 0.5) is 10.5 Å². The number of nitrogens with one attached hydrogen (secondary N) is 2. The number of nitrogens with zero attached hydrogens (tertiary/aromatic N) is 2. The summed E-state index contributed by atoms with van der Waals surface area (Å²) < 4.78 is 20.9. The maximum atomic E-state index is 12.0. The molecule has 0 fully saturated rings. The Balaban J connectivity index is 1.28. The predicted octanol–water partition coefficient (Wildman–Crippen LogP) is 2.89. The molecule has 0 unspecified atom stereocenters. The van der Waals surface area contributed by atoms with Gasteiger partial charge in [0, 0.05) is 17.3 Å². The highest BCUT2D eigenvalue weighted by Crippen LogP contribution is 2.32. The smallest absolute Gasteiger partial charge is 0.418 e. The van der Waals surface area contributed by atoms with Crippen molar-refractivity contribution in [3.8, 4) is 29.0 Å². The number of carbonyl (C=O) groups excluding carboxylic acids is 2. The molecule has 0 aliphatic carbocycles. The van der Waals surface area contributed by atoms with Crippen molar-refractivity contribution in [1.82, 2.24) is 15.5 Å². The van der Waals surface area contributed by atoms with E-state index in [-0.39, 0.29) is 11.9 Å². The summed E-state index contributed by atoms with van der Waals surface area (Å²) in [4.78, 5) is 27.9. The first kappa shape index (κ1) is 19.5. The number of rotatable bonds is 5. The van der Waals surface area contributed by atoms with Crippen LogP contribution in [0.2, 0.25) is 5.02 Å². The molecule has 0 radical (unpaired) electrons. The molecule has 0 atom stereocenters. The molecule has 3 aromatic rings. The molecule has 3 amide bonds. The number of amides is 3. The second kappa shape index (κ2) is 8.70. The molecule has 2 aromatic carbocycles. The molecule has 154 valence electrons. The van der Waals surface area contributed by atoms with Crippen molar-refractivity contribution in [1.29, 1.82) is 0 Å². The Kier molecular flexibility index (Phi) is 5.66. The van der Waals surface area contributed by atoms with E-state index < -0.39 is 18.5 Å². The zero-order valence-corrected chi connectivity index (χ0v) is 16.1. The number of fused-ring (bicyclic) bond motifs is 1. The number of urea groups is 1. The molecule has 1 aliphatic rings. The summed E-state index contributed by atoms with van der Waals surface area (Å²) in [5, 5.41) is 8.85. The van der Waals surface area contributed by atoms with Crippen molar-refractivity contribution in [2.24, 2.45) is 0 Å². The number of ether oxygens (including phenoxy) is 3. The molecule has 4 rings (SSSR count). The number of hydrogen-bond donors (Lipinski definition) is 2. The molecular weight excluding hydrogens is 416 g/mol. The van der Waals surface area contributed by atoms with Gasteiger partial charge in [0.25, 0.3) is 5.91 Å². The van der Waals surface area contributed by atoms with Gasteiger partial charge >= 0.3 is 12.1 Å². The topological polar surface area (TPSA) is 125 Å². The number of benzene rings is 2. The highest BCUT2D eigenvalue weighted by molar-refractivity contribution is 6.33. The van der Waals surface area contributed by atoms with Gasteiger partial charge in [-0.3, -0.25) is 14.6 Å². The molecule has 1 aliphatic heterocycles. The van der Waals surface area contributed by atoms with E-state index in [4.69, 9.17) is 30.3 Å². The quantitative estimate of drug-likeness (QED) is 0.633. The Hall–Kier alpha value is -3.79. The molecule has 0 saturated carbocycles. The van der Waals surface area contributed by atoms with E-state index in [0.29, 0.717) is 41.0 Å². The maximum absolute atomic E-state index is 12.0. The van der Waals surface area contributed by atoms with Crippen LogP contribution in [0, 0.1) is 0 Å². The Morgan fingerprint density at radius 2 is 1.90 bits per heavy atom. The lowest BCUT2D eigenvalue weighted by molar-refractivity contribution is -0.122. The van der Waals surface area contributed by atoms with E-state index in [1.807, 2.05) is 0 Å². The van der Waals surface area contributed by atoms with Gasteiger partial charge in [-0.05, 0) is 24.3 Å². The van der Waals surface area contributed by atoms with Crippen LogP contribution in [0.5, 0.6) is 17.6 Å². The average Bonchev–Trinajstić information content (AvgIpc) is 3.21. The van der Waals surface area contributed by atoms with Crippen molar-refractivity contribution in [2.75, 3.05) is 25.1 Å². The summed E-state index contributed by atoms with van der Waals surface area (Å²) in [5.74, 6) is 0.613. The van der Waals surface area contributed by atoms with Gasteiger partial charge < -0.3 is 19.5 Å². The van der Waals surface area contributed by atoms with E-state index in [9.17, 15) is 9.59 Å². The fourth-order valence-electron chi connectivity index (χ4n) is 2.59. The average molecular weight is 431 g/mol. The van der Waals surface area contributed by atoms with Gasteiger partial charge in [0.1, 0.15) is 13.2 Å². The minimum absolute atomic E-state index is 0.215. The number of halogens is 1. The second-order valence-electron chi connectivity index (χ2n) is 6.01. The highest BCUT2D eigenvalue weighted by atomic mass is 35.5. The van der Waals surface area contributed by atoms with Crippen molar-refractivity contribution < 1.29 is 28.3 Å². The van der Waals surface area contributed by atoms with Gasteiger partial charge in [-0.25, -0.2) is 4.79 Å². The molecular formula is C19H15ClN4O6. The Morgan fingerprint density at radius 1 is 1.10 bits per heavy atom. The van der Waals surface area contributed by atoms with Crippen LogP contribution < -0.4 is 24.8 Å². The number of hydrogen-bond acceptors (Lipinski definition) is 8. The monoisotopic (exact) mass is 430 g/mol. The van der Waals surface area contributed by atoms with E-state index >= 15 is 0 Å². The molecule has 0 bridgehead atoms. The molecule has 10 nitrogen and oxygen atoms in total. The van der Waals surface area contributed by atoms with Crippen LogP contribution >= 0.6 is 11.6 Å². The first-order valence-corrected chi connectivity index (χ1v) is 9.18. The zero-order valence-electron chi connectivity index (χ0n) is 15.4. The lowest BCUT2D eigenvalue weighted by Crippen LogP contribution is -2.37. The van der Waals surface area contributed by atoms with Crippen molar-refractivity contribution in [3.63, 3.8) is 0 Å². The van der Waals surface area contributed by atoms with Crippen LogP contribution in [-0.2, 0) is 4.79 Å². The third kappa shape index (κ3) is 4.61. The van der Waals surface area contributed by atoms with Crippen molar-refractivity contribution in [3.05, 3.63) is 47.5 Å². The third-order valence-corrected chi connectivity index (χ3v) is 4.23. The number of imide groups is 1. The standard InChI is InChI=1S/C19H15ClN4O6/c20-13-4-2-1-3-12(13)17-23-19(30-24-17)29-10-16(25)22-18(26)21-11-5-6-14-15(9-11)28-8-7-27-14/h1-6,9H,7-8,10H2,(H2,21,22,25,26). The maximum Gasteiger partial charge on any atom is 0.418 e. The van der Waals surface area contributed by atoms with E-state index in [1.165, 1.54) is 0 Å². The van der Waals surface area contributed by atoms with Gasteiger partial charge in [0.05, 0.1) is 5.02 Å². The van der Waals surface area contributed by atoms with Crippen LogP contribution in [0.15, 0.2) is 47.0 Å². The Morgan fingerprint density at radius 3 is 2.73 bits per heavy atom. The van der Waals surface area contributed by atoms with Crippen LogP contribution in [0.3, 0.4) is 0 Å². The first-order valence-electron chi connectivity index (χ1n) is 8.80. The zero-order chi connectivity index (χ0) is 20.9. The van der Waals surface area contributed by atoms with Gasteiger partial charge in [-0.2, -0.15) is 4.98 Å². The molecule has 2 heterocycles. The minimum atomic E-state index is -0.734. The van der Waals surface area contributed by atoms with Gasteiger partial charge in [0.15, 0.2) is 18.1 Å². The SMILES string of the molecule is O=C(COc1nc(-c2ccccc2Cl)no1)NC(=O)Nc1ccc2c(c1)OCCO2. The fourth-order valence-corrected chi connectivity index (χ4v) is 2.81. The van der Waals surface area contributed by atoms with Crippen LogP contribution in [0.25, 0.3) is 11.4 Å². The van der Waals surface area contributed by atoms with Gasteiger partial charge in [-0.1, -0.05) is 28.9 Å². The second-order valence-corrected chi connectivity index (χ2v) is 6.42. The molecule has 11 heteroatoms. The molecule has 1 aromatic heterocycles. The van der Waals surface area contributed by atoms with Crippen molar-refractivity contribution in [2.45, 2.75) is 0 Å². The summed E-state index contributed by atoms with van der Waals surface area (Å²) in [6, 6.07) is 11.1. The Bertz CT molecular complexity index is 1090. The summed E-state index contributed by atoms with van der Waals surface area (Å²) in [7, 11) is 0. The number of carbonyl (C=O) groups is 2. The summed E-state index contributed by atoms with van der Waals surface area (Å²) in [6.45, 7) is 0.389. The van der Waals surface area contributed by atoms with E-state index in [2.05, 4.69) is 20.8 Å². The van der Waals surface area contributed by atoms with Gasteiger partial charge in [-0.15, -0.1) is 0 Å². The number of anilines is 1. The molecule has 0 saturated heterocycles. The Labute approximate surface area is 175 Å². The summed E-state index contributed by atoms with van der Waals surface area (Å²) in [5.41, 5.74) is 0.993. The van der Waals surface area contributed by atoms with Crippen molar-refractivity contribution >= 4 is 29.2 Å². The summed E-state index contributed by atoms with van der Waals surface area (Å²) >= 11 is 6.07. The van der Waals surface area contributed by atoms with Crippen LogP contribution in [0.1, 0.15) is 0 Å². The van der Waals surface area contributed by atoms with E-state index in [1.54, 1.807) is 42.5 Å². The largest absolute Gasteiger partial charge is 0.486 e. The first-order chi connectivity index (χ1) is 14.6. The molecule has 2 N–H and O–H groups in total. The lowest BCUT2D eigenvalue weighted by Gasteiger charge is -2.19. The predicted molar refractivity (Wildman–Crippen MR) is 105 cm³/mol. The molecule has 0 spiro atoms. The minimum Gasteiger partial charge on any atom is -0.486 e. The normalized spacial score (nSPS) is 12.2. The summed E-state index contributed by atoms with van der Waals surface area (Å²) in [6.07, 6.45) is -0.229. The highest BCUT2D eigenvalue weighted by Gasteiger charge is 2.16. The van der Waals surface area contributed by atoms with Crippen LogP contribution in [-0.4, -0.2) is 41.9 Å². The number of aromatic nitrogens is 2.